The number of furan rings is 1. The minimum absolute atomic E-state index is 0.366. The molecule has 3 N–H and O–H groups in total. The highest BCUT2D eigenvalue weighted by molar-refractivity contribution is 6.07. The zero-order valence-corrected chi connectivity index (χ0v) is 16.7. The summed E-state index contributed by atoms with van der Waals surface area (Å²) in [7, 11) is 0. The molecule has 5 rings (SSSR count). The normalized spacial score (nSPS) is 12.8. The first kappa shape index (κ1) is 18.4. The minimum atomic E-state index is -0.513. The largest absolute Gasteiger partial charge is 0.460 e. The fourth-order valence-electron chi connectivity index (χ4n) is 4.18. The molecule has 2 heterocycles. The number of anilines is 1. The Bertz CT molecular complexity index is 1260. The third kappa shape index (κ3) is 3.10. The average Bonchev–Trinajstić information content (AvgIpc) is 3.35. The molecule has 1 aliphatic carbocycles. The number of amides is 1. The summed E-state index contributed by atoms with van der Waals surface area (Å²) in [4.78, 5) is 21.6. The molecule has 0 bridgehead atoms. The number of rotatable bonds is 5. The maximum atomic E-state index is 11.8. The van der Waals surface area contributed by atoms with Crippen molar-refractivity contribution in [2.75, 3.05) is 5.32 Å². The number of nitrogens with two attached hydrogens (primary N) is 1. The Morgan fingerprint density at radius 3 is 2.73 bits per heavy atom. The summed E-state index contributed by atoms with van der Waals surface area (Å²) < 4.78 is 5.93. The zero-order chi connectivity index (χ0) is 20.7. The van der Waals surface area contributed by atoms with Crippen LogP contribution in [-0.4, -0.2) is 15.9 Å². The van der Waals surface area contributed by atoms with Crippen molar-refractivity contribution < 1.29 is 9.21 Å². The summed E-state index contributed by atoms with van der Waals surface area (Å²) >= 11 is 0. The highest BCUT2D eigenvalue weighted by Gasteiger charge is 2.24. The molecule has 150 valence electrons. The number of nitrogens with zero attached hydrogens (tertiary/aromatic N) is 2. The van der Waals surface area contributed by atoms with Gasteiger partial charge in [0.25, 0.3) is 5.91 Å². The molecule has 0 fully saturated rings. The molecule has 0 saturated heterocycles. The quantitative estimate of drug-likeness (QED) is 0.520. The Kier molecular flexibility index (Phi) is 4.47. The zero-order valence-electron chi connectivity index (χ0n) is 16.7. The lowest BCUT2D eigenvalue weighted by Crippen LogP contribution is -2.10. The van der Waals surface area contributed by atoms with Crippen molar-refractivity contribution in [3.63, 3.8) is 0 Å². The molecule has 2 aromatic heterocycles. The third-order valence-corrected chi connectivity index (χ3v) is 5.62. The highest BCUT2D eigenvalue weighted by atomic mass is 16.3. The van der Waals surface area contributed by atoms with Crippen LogP contribution in [0.1, 0.15) is 39.4 Å². The van der Waals surface area contributed by atoms with Crippen LogP contribution in [0, 0.1) is 6.92 Å². The number of carbonyl (C=O) groups is 1. The second-order valence-corrected chi connectivity index (χ2v) is 7.59. The van der Waals surface area contributed by atoms with Crippen molar-refractivity contribution in [2.24, 2.45) is 5.73 Å². The van der Waals surface area contributed by atoms with Gasteiger partial charge in [-0.05, 0) is 37.8 Å². The van der Waals surface area contributed by atoms with Crippen LogP contribution in [-0.2, 0) is 19.4 Å². The second-order valence-electron chi connectivity index (χ2n) is 7.59. The van der Waals surface area contributed by atoms with Crippen molar-refractivity contribution in [3.8, 4) is 11.4 Å². The predicted octanol–water partition coefficient (Wildman–Crippen LogP) is 4.40. The molecule has 0 unspecified atom stereocenters. The molecule has 1 amide bonds. The Morgan fingerprint density at radius 1 is 1.10 bits per heavy atom. The van der Waals surface area contributed by atoms with Gasteiger partial charge in [-0.2, -0.15) is 0 Å². The molecule has 2 aromatic carbocycles. The summed E-state index contributed by atoms with van der Waals surface area (Å²) in [6.45, 7) is 2.56. The van der Waals surface area contributed by atoms with E-state index in [1.807, 2.05) is 37.3 Å². The van der Waals surface area contributed by atoms with Gasteiger partial charge in [-0.15, -0.1) is 0 Å². The van der Waals surface area contributed by atoms with Crippen LogP contribution >= 0.6 is 0 Å². The summed E-state index contributed by atoms with van der Waals surface area (Å²) in [5, 5.41) is 4.31. The number of aryl methyl sites for hydroxylation is 2. The molecule has 4 aromatic rings. The first-order valence-electron chi connectivity index (χ1n) is 10.1. The number of fused-ring (bicyclic) bond motifs is 2. The van der Waals surface area contributed by atoms with E-state index in [0.29, 0.717) is 29.3 Å². The SMILES string of the molecule is Cc1oc2c(C(N)=O)cccc2c1-c1nc2c(c(NCc3ccccc3)n1)CCC2. The van der Waals surface area contributed by atoms with Crippen molar-refractivity contribution in [3.05, 3.63) is 76.7 Å². The van der Waals surface area contributed by atoms with Gasteiger partial charge in [-0.25, -0.2) is 9.97 Å². The van der Waals surface area contributed by atoms with E-state index in [1.165, 1.54) is 11.1 Å². The first-order chi connectivity index (χ1) is 14.6. The molecule has 30 heavy (non-hydrogen) atoms. The number of nitrogens with one attached hydrogen (secondary N) is 1. The molecule has 0 aliphatic heterocycles. The first-order valence-corrected chi connectivity index (χ1v) is 10.1. The molecule has 6 heteroatoms. The topological polar surface area (TPSA) is 94.0 Å². The van der Waals surface area contributed by atoms with Crippen LogP contribution in [0.3, 0.4) is 0 Å². The van der Waals surface area contributed by atoms with Crippen LogP contribution in [0.5, 0.6) is 0 Å². The number of carbonyl (C=O) groups excluding carboxylic acids is 1. The monoisotopic (exact) mass is 398 g/mol. The molecular weight excluding hydrogens is 376 g/mol. The van der Waals surface area contributed by atoms with Crippen LogP contribution in [0.25, 0.3) is 22.4 Å². The van der Waals surface area contributed by atoms with Gasteiger partial charge in [-0.1, -0.05) is 42.5 Å². The number of aromatic nitrogens is 2. The van der Waals surface area contributed by atoms with Crippen LogP contribution < -0.4 is 11.1 Å². The molecule has 1 aliphatic rings. The standard InChI is InChI=1S/C24H22N4O2/c1-14-20(17-10-5-11-18(22(25)29)21(17)30-14)24-27-19-12-6-9-16(19)23(28-24)26-13-15-7-3-2-4-8-15/h2-5,7-8,10-11H,6,9,12-13H2,1H3,(H2,25,29)(H,26,27,28). The summed E-state index contributed by atoms with van der Waals surface area (Å²) in [5.41, 5.74) is 10.7. The lowest BCUT2D eigenvalue weighted by atomic mass is 10.1. The fraction of sp³-hybridized carbons (Fsp3) is 0.208. The van der Waals surface area contributed by atoms with Gasteiger partial charge >= 0.3 is 0 Å². The van der Waals surface area contributed by atoms with Crippen molar-refractivity contribution in [1.82, 2.24) is 9.97 Å². The maximum absolute atomic E-state index is 11.8. The van der Waals surface area contributed by atoms with Gasteiger partial charge < -0.3 is 15.5 Å². The van der Waals surface area contributed by atoms with Crippen molar-refractivity contribution >= 4 is 22.7 Å². The van der Waals surface area contributed by atoms with Gasteiger partial charge in [0, 0.05) is 23.2 Å². The van der Waals surface area contributed by atoms with E-state index < -0.39 is 5.91 Å². The van der Waals surface area contributed by atoms with Gasteiger partial charge in [0.05, 0.1) is 11.1 Å². The molecule has 6 nitrogen and oxygen atoms in total. The van der Waals surface area contributed by atoms with E-state index in [-0.39, 0.29) is 0 Å². The number of para-hydroxylation sites is 1. The Hall–Kier alpha value is -3.67. The highest BCUT2D eigenvalue weighted by Crippen LogP contribution is 2.37. The Balaban J connectivity index is 1.61. The van der Waals surface area contributed by atoms with E-state index in [4.69, 9.17) is 20.1 Å². The molecular formula is C24H22N4O2. The summed E-state index contributed by atoms with van der Waals surface area (Å²) in [5.74, 6) is 1.65. The second kappa shape index (κ2) is 7.30. The van der Waals surface area contributed by atoms with Crippen LogP contribution in [0.2, 0.25) is 0 Å². The number of hydrogen-bond donors (Lipinski definition) is 2. The van der Waals surface area contributed by atoms with E-state index in [2.05, 4.69) is 17.4 Å². The fourth-order valence-corrected chi connectivity index (χ4v) is 4.18. The van der Waals surface area contributed by atoms with Crippen LogP contribution in [0.15, 0.2) is 52.9 Å². The molecule has 0 radical (unpaired) electrons. The van der Waals surface area contributed by atoms with Crippen molar-refractivity contribution in [2.45, 2.75) is 32.7 Å². The van der Waals surface area contributed by atoms with E-state index in [9.17, 15) is 4.79 Å². The maximum Gasteiger partial charge on any atom is 0.252 e. The number of primary amides is 1. The van der Waals surface area contributed by atoms with Crippen molar-refractivity contribution in [1.29, 1.82) is 0 Å². The Morgan fingerprint density at radius 2 is 1.93 bits per heavy atom. The van der Waals surface area contributed by atoms with Gasteiger partial charge in [0.2, 0.25) is 0 Å². The predicted molar refractivity (Wildman–Crippen MR) is 116 cm³/mol. The summed E-state index contributed by atoms with van der Waals surface area (Å²) in [6.07, 6.45) is 2.99. The average molecular weight is 398 g/mol. The van der Waals surface area contributed by atoms with Gasteiger partial charge in [0.1, 0.15) is 17.2 Å². The van der Waals surface area contributed by atoms with E-state index in [0.717, 1.165) is 41.7 Å². The number of benzene rings is 2. The van der Waals surface area contributed by atoms with Gasteiger partial charge in [-0.3, -0.25) is 4.79 Å². The minimum Gasteiger partial charge on any atom is -0.460 e. The van der Waals surface area contributed by atoms with E-state index >= 15 is 0 Å². The lowest BCUT2D eigenvalue weighted by molar-refractivity contribution is 0.100. The lowest BCUT2D eigenvalue weighted by Gasteiger charge is -2.12. The van der Waals surface area contributed by atoms with E-state index in [1.54, 1.807) is 6.07 Å². The smallest absolute Gasteiger partial charge is 0.252 e. The molecule has 0 spiro atoms. The van der Waals surface area contributed by atoms with Gasteiger partial charge in [0.15, 0.2) is 5.82 Å². The molecule has 0 atom stereocenters. The number of hydrogen-bond acceptors (Lipinski definition) is 5. The van der Waals surface area contributed by atoms with Crippen LogP contribution in [0.4, 0.5) is 5.82 Å². The molecule has 0 saturated carbocycles. The third-order valence-electron chi connectivity index (χ3n) is 5.62. The summed E-state index contributed by atoms with van der Waals surface area (Å²) in [6, 6.07) is 15.7. The Labute approximate surface area is 174 Å².